The maximum Gasteiger partial charge on any atom is 0.472 e. The Morgan fingerprint density at radius 3 is 1.78 bits per heavy atom. The van der Waals surface area contributed by atoms with Crippen molar-refractivity contribution in [1.82, 2.24) is 0 Å². The lowest BCUT2D eigenvalue weighted by atomic mass is 10.1. The Labute approximate surface area is 329 Å². The molecule has 0 saturated heterocycles. The molecule has 0 rings (SSSR count). The summed E-state index contributed by atoms with van der Waals surface area (Å²) < 4.78 is 34.2. The van der Waals surface area contributed by atoms with E-state index >= 15 is 0 Å². The highest BCUT2D eigenvalue weighted by atomic mass is 31.2. The van der Waals surface area contributed by atoms with Gasteiger partial charge in [-0.3, -0.25) is 18.6 Å². The van der Waals surface area contributed by atoms with E-state index in [1.165, 1.54) is 19.3 Å². The minimum atomic E-state index is -4.39. The van der Waals surface area contributed by atoms with E-state index in [4.69, 9.17) is 18.5 Å². The van der Waals surface area contributed by atoms with Crippen LogP contribution in [-0.2, 0) is 32.7 Å². The molecule has 0 bridgehead atoms. The summed E-state index contributed by atoms with van der Waals surface area (Å²) in [6, 6.07) is 0. The van der Waals surface area contributed by atoms with Gasteiger partial charge in [0.2, 0.25) is 0 Å². The summed E-state index contributed by atoms with van der Waals surface area (Å²) in [4.78, 5) is 35.3. The fraction of sp³-hybridized carbons (Fsp3) is 0.636. The molecule has 0 aliphatic rings. The number of unbranched alkanes of at least 4 members (excludes halogenated alkanes) is 10. The van der Waals surface area contributed by atoms with Crippen molar-refractivity contribution in [3.63, 3.8) is 0 Å². The van der Waals surface area contributed by atoms with Crippen LogP contribution in [0.4, 0.5) is 0 Å². The summed E-state index contributed by atoms with van der Waals surface area (Å²) in [5.74, 6) is -0.882. The standard InChI is InChI=1S/C44H74NO8P/c1-6-8-10-12-14-16-18-20-22-24-26-28-30-32-34-36-43(46)50-40-42(41-52-54(48,49)51-39-38-45(3,4)5)53-44(47)37-35-33-31-29-27-25-23-21-19-17-15-13-11-9-7-2/h9,11,13-17,19-23,26,28,42H,6-8,10,12,18,24-25,27,29-41H2,1-5H3/p+1/b11-9+,15-13+,16-14+,19-17+,22-20+,23-21+,28-26+/t42-/m1/s1. The summed E-state index contributed by atoms with van der Waals surface area (Å²) in [5, 5.41) is 0. The second-order valence-electron chi connectivity index (χ2n) is 14.4. The zero-order valence-corrected chi connectivity index (χ0v) is 35.3. The maximum atomic E-state index is 12.6. The first-order chi connectivity index (χ1) is 26.0. The molecule has 2 atom stereocenters. The molecular weight excluding hydrogens is 701 g/mol. The maximum absolute atomic E-state index is 12.6. The second-order valence-corrected chi connectivity index (χ2v) is 15.8. The fourth-order valence-corrected chi connectivity index (χ4v) is 5.53. The number of carbonyl (C=O) groups excluding carboxylic acids is 2. The number of rotatable bonds is 35. The van der Waals surface area contributed by atoms with Crippen molar-refractivity contribution >= 4 is 19.8 Å². The molecule has 0 fully saturated rings. The molecule has 9 nitrogen and oxygen atoms in total. The molecule has 0 aromatic rings. The van der Waals surface area contributed by atoms with Crippen LogP contribution in [0, 0.1) is 0 Å². The quantitative estimate of drug-likeness (QED) is 0.0169. The molecule has 0 amide bonds. The molecule has 0 saturated carbocycles. The number of ether oxygens (including phenoxy) is 2. The summed E-state index contributed by atoms with van der Waals surface area (Å²) in [5.41, 5.74) is 0. The van der Waals surface area contributed by atoms with Gasteiger partial charge in [-0.25, -0.2) is 4.57 Å². The van der Waals surface area contributed by atoms with E-state index in [1.54, 1.807) is 0 Å². The van der Waals surface area contributed by atoms with E-state index in [0.717, 1.165) is 70.6 Å². The van der Waals surface area contributed by atoms with E-state index in [9.17, 15) is 19.0 Å². The zero-order valence-electron chi connectivity index (χ0n) is 34.4. The van der Waals surface area contributed by atoms with Gasteiger partial charge in [-0.1, -0.05) is 131 Å². The Bertz CT molecular complexity index is 1200. The number of carbonyl (C=O) groups is 2. The number of hydrogen-bond acceptors (Lipinski definition) is 7. The third-order valence-electron chi connectivity index (χ3n) is 8.00. The van der Waals surface area contributed by atoms with Crippen LogP contribution in [0.1, 0.15) is 129 Å². The monoisotopic (exact) mass is 777 g/mol. The van der Waals surface area contributed by atoms with E-state index in [2.05, 4.69) is 68.5 Å². The summed E-state index contributed by atoms with van der Waals surface area (Å²) in [6.45, 7) is 4.14. The van der Waals surface area contributed by atoms with E-state index in [-0.39, 0.29) is 26.1 Å². The Kier molecular flexibility index (Phi) is 34.0. The predicted octanol–water partition coefficient (Wildman–Crippen LogP) is 11.2. The van der Waals surface area contributed by atoms with Gasteiger partial charge in [0, 0.05) is 12.8 Å². The smallest absolute Gasteiger partial charge is 0.462 e. The van der Waals surface area contributed by atoms with Gasteiger partial charge in [0.1, 0.15) is 19.8 Å². The van der Waals surface area contributed by atoms with Crippen LogP contribution in [-0.4, -0.2) is 74.9 Å². The molecule has 1 unspecified atom stereocenters. The first-order valence-electron chi connectivity index (χ1n) is 20.4. The van der Waals surface area contributed by atoms with Crippen molar-refractivity contribution in [1.29, 1.82) is 0 Å². The lowest BCUT2D eigenvalue weighted by Crippen LogP contribution is -2.37. The van der Waals surface area contributed by atoms with Gasteiger partial charge >= 0.3 is 19.8 Å². The molecule has 0 radical (unpaired) electrons. The van der Waals surface area contributed by atoms with Crippen molar-refractivity contribution in [2.75, 3.05) is 47.5 Å². The molecule has 0 spiro atoms. The predicted molar refractivity (Wildman–Crippen MR) is 224 cm³/mol. The SMILES string of the molecule is CC/C=C/C=C/C=C/C=C/CCCCCCCC(=O)O[C@H](COC(=O)CCCC/C=C/C/C=C/C/C=C/CCCCC)COP(=O)(O)OCC[N+](C)(C)C. The van der Waals surface area contributed by atoms with Crippen molar-refractivity contribution < 1.29 is 42.1 Å². The van der Waals surface area contributed by atoms with Gasteiger partial charge in [-0.2, -0.15) is 0 Å². The van der Waals surface area contributed by atoms with Gasteiger partial charge in [0.05, 0.1) is 27.7 Å². The van der Waals surface area contributed by atoms with Gasteiger partial charge in [0.25, 0.3) is 0 Å². The lowest BCUT2D eigenvalue weighted by molar-refractivity contribution is -0.870. The lowest BCUT2D eigenvalue weighted by Gasteiger charge is -2.24. The molecule has 308 valence electrons. The minimum Gasteiger partial charge on any atom is -0.462 e. The average molecular weight is 777 g/mol. The molecule has 0 aromatic carbocycles. The van der Waals surface area contributed by atoms with E-state index < -0.39 is 32.5 Å². The molecule has 10 heteroatoms. The highest BCUT2D eigenvalue weighted by molar-refractivity contribution is 7.47. The van der Waals surface area contributed by atoms with Gasteiger partial charge in [0.15, 0.2) is 6.10 Å². The molecule has 0 heterocycles. The minimum absolute atomic E-state index is 0.0155. The van der Waals surface area contributed by atoms with Crippen molar-refractivity contribution in [2.24, 2.45) is 0 Å². The number of esters is 2. The Balaban J connectivity index is 4.54. The molecular formula is C44H75NO8P+. The topological polar surface area (TPSA) is 108 Å². The fourth-order valence-electron chi connectivity index (χ4n) is 4.79. The van der Waals surface area contributed by atoms with Gasteiger partial charge in [-0.15, -0.1) is 0 Å². The van der Waals surface area contributed by atoms with Crippen LogP contribution in [0.15, 0.2) is 85.1 Å². The number of allylic oxidation sites excluding steroid dienone is 14. The van der Waals surface area contributed by atoms with Crippen LogP contribution in [0.3, 0.4) is 0 Å². The number of phosphoric acid groups is 1. The normalized spacial score (nSPS) is 14.6. The average Bonchev–Trinajstić information content (AvgIpc) is 3.12. The van der Waals surface area contributed by atoms with Crippen molar-refractivity contribution in [2.45, 2.75) is 136 Å². The summed E-state index contributed by atoms with van der Waals surface area (Å²) in [7, 11) is 1.42. The van der Waals surface area contributed by atoms with E-state index in [0.29, 0.717) is 23.9 Å². The van der Waals surface area contributed by atoms with Crippen LogP contribution < -0.4 is 0 Å². The molecule has 1 N–H and O–H groups in total. The highest BCUT2D eigenvalue weighted by Gasteiger charge is 2.27. The van der Waals surface area contributed by atoms with Crippen molar-refractivity contribution in [3.05, 3.63) is 85.1 Å². The van der Waals surface area contributed by atoms with Crippen LogP contribution >= 0.6 is 7.82 Å². The third kappa shape index (κ3) is 38.9. The second kappa shape index (κ2) is 35.9. The van der Waals surface area contributed by atoms with Crippen LogP contribution in [0.2, 0.25) is 0 Å². The summed E-state index contributed by atoms with van der Waals surface area (Å²) >= 11 is 0. The van der Waals surface area contributed by atoms with Crippen molar-refractivity contribution in [3.8, 4) is 0 Å². The zero-order chi connectivity index (χ0) is 40.0. The number of nitrogens with zero attached hydrogens (tertiary/aromatic N) is 1. The number of likely N-dealkylation sites (N-methyl/N-ethyl adjacent to an activating group) is 1. The Morgan fingerprint density at radius 2 is 1.13 bits per heavy atom. The van der Waals surface area contributed by atoms with Gasteiger partial charge < -0.3 is 18.9 Å². The van der Waals surface area contributed by atoms with E-state index in [1.807, 2.05) is 51.5 Å². The Morgan fingerprint density at radius 1 is 0.611 bits per heavy atom. The molecule has 0 aromatic heterocycles. The highest BCUT2D eigenvalue weighted by Crippen LogP contribution is 2.43. The van der Waals surface area contributed by atoms with Crippen LogP contribution in [0.25, 0.3) is 0 Å². The first kappa shape index (κ1) is 51.2. The van der Waals surface area contributed by atoms with Gasteiger partial charge in [-0.05, 0) is 70.6 Å². The number of phosphoric ester groups is 1. The molecule has 54 heavy (non-hydrogen) atoms. The summed E-state index contributed by atoms with van der Waals surface area (Å²) in [6.07, 6.45) is 44.9. The number of hydrogen-bond donors (Lipinski definition) is 1. The molecule has 0 aliphatic heterocycles. The number of quaternary nitrogens is 1. The molecule has 0 aliphatic carbocycles. The first-order valence-corrected chi connectivity index (χ1v) is 21.9. The van der Waals surface area contributed by atoms with Crippen LogP contribution in [0.5, 0.6) is 0 Å². The third-order valence-corrected chi connectivity index (χ3v) is 8.99. The largest absolute Gasteiger partial charge is 0.472 e. The Hall–Kier alpha value is -2.81.